The number of hydrogen-bond donors (Lipinski definition) is 1. The Morgan fingerprint density at radius 3 is 2.38 bits per heavy atom. The molecule has 0 saturated heterocycles. The number of hydrogen-bond acceptors (Lipinski definition) is 2. The predicted molar refractivity (Wildman–Crippen MR) is 64.6 cm³/mol. The van der Waals surface area contributed by atoms with E-state index in [0.29, 0.717) is 5.84 Å². The van der Waals surface area contributed by atoms with E-state index in [1.54, 1.807) is 0 Å². The number of nitrogens with zero attached hydrogens (tertiary/aromatic N) is 1. The van der Waals surface area contributed by atoms with Gasteiger partial charge in [0.05, 0.1) is 0 Å². The van der Waals surface area contributed by atoms with E-state index in [1.165, 1.54) is 0 Å². The van der Waals surface area contributed by atoms with E-state index in [1.807, 2.05) is 31.2 Å². The van der Waals surface area contributed by atoms with Crippen molar-refractivity contribution < 1.29 is 4.79 Å². The Kier molecular flexibility index (Phi) is 2.99. The van der Waals surface area contributed by atoms with Crippen LogP contribution in [0.2, 0.25) is 0 Å². The summed E-state index contributed by atoms with van der Waals surface area (Å²) in [5.41, 5.74) is 2.02. The van der Waals surface area contributed by atoms with Crippen molar-refractivity contribution in [1.29, 1.82) is 0 Å². The number of halogens is 2. The van der Waals surface area contributed by atoms with Crippen LogP contribution in [0, 0.1) is 6.92 Å². The third-order valence-electron chi connectivity index (χ3n) is 2.17. The van der Waals surface area contributed by atoms with Gasteiger partial charge >= 0.3 is 0 Å². The molecule has 1 aliphatic heterocycles. The molecule has 0 atom stereocenters. The summed E-state index contributed by atoms with van der Waals surface area (Å²) in [5.74, 6) is 0.0920. The molecule has 16 heavy (non-hydrogen) atoms. The highest BCUT2D eigenvalue weighted by atomic mass is 35.5. The molecule has 1 aromatic rings. The summed E-state index contributed by atoms with van der Waals surface area (Å²) < 4.78 is -0.125. The van der Waals surface area contributed by atoms with Crippen LogP contribution in [-0.2, 0) is 4.79 Å². The van der Waals surface area contributed by atoms with Crippen molar-refractivity contribution in [2.24, 2.45) is 4.99 Å². The second-order valence-corrected chi connectivity index (χ2v) is 4.34. The van der Waals surface area contributed by atoms with E-state index in [9.17, 15) is 4.79 Å². The van der Waals surface area contributed by atoms with Crippen molar-refractivity contribution in [2.75, 3.05) is 0 Å². The van der Waals surface area contributed by atoms with Crippen LogP contribution < -0.4 is 5.32 Å². The molecule has 1 aliphatic rings. The molecule has 0 unspecified atom stereocenters. The quantitative estimate of drug-likeness (QED) is 0.769. The number of carbonyl (C=O) groups excluding carboxylic acids is 1. The van der Waals surface area contributed by atoms with Gasteiger partial charge in [-0.05, 0) is 6.92 Å². The SMILES string of the molecule is Cc1ccc(C2=NC(=C(Cl)Cl)C(=O)N2)cc1. The van der Waals surface area contributed by atoms with Crippen LogP contribution >= 0.6 is 23.2 Å². The van der Waals surface area contributed by atoms with E-state index in [2.05, 4.69) is 10.3 Å². The summed E-state index contributed by atoms with van der Waals surface area (Å²) in [6.45, 7) is 1.99. The smallest absolute Gasteiger partial charge is 0.278 e. The highest BCUT2D eigenvalue weighted by Crippen LogP contribution is 2.20. The van der Waals surface area contributed by atoms with Crippen LogP contribution in [0.5, 0.6) is 0 Å². The zero-order chi connectivity index (χ0) is 11.7. The first-order valence-electron chi connectivity index (χ1n) is 4.60. The first-order chi connectivity index (χ1) is 7.58. The molecule has 1 aromatic carbocycles. The Balaban J connectivity index is 2.38. The zero-order valence-corrected chi connectivity index (χ0v) is 9.93. The van der Waals surface area contributed by atoms with E-state index in [0.717, 1.165) is 11.1 Å². The monoisotopic (exact) mass is 254 g/mol. The number of benzene rings is 1. The van der Waals surface area contributed by atoms with Crippen molar-refractivity contribution >= 4 is 34.9 Å². The molecule has 0 aliphatic carbocycles. The third-order valence-corrected chi connectivity index (χ3v) is 2.53. The topological polar surface area (TPSA) is 41.5 Å². The predicted octanol–water partition coefficient (Wildman–Crippen LogP) is 2.52. The minimum atomic E-state index is -0.379. The lowest BCUT2D eigenvalue weighted by Crippen LogP contribution is -2.24. The Bertz CT molecular complexity index is 499. The van der Waals surface area contributed by atoms with E-state index in [-0.39, 0.29) is 16.1 Å². The molecule has 5 heteroatoms. The lowest BCUT2D eigenvalue weighted by atomic mass is 10.1. The molecule has 0 radical (unpaired) electrons. The second kappa shape index (κ2) is 4.28. The first kappa shape index (κ1) is 11.2. The second-order valence-electron chi connectivity index (χ2n) is 3.39. The molecule has 2 rings (SSSR count). The molecule has 0 bridgehead atoms. The lowest BCUT2D eigenvalue weighted by molar-refractivity contribution is -0.115. The number of aliphatic imine (C=N–C) groups is 1. The average Bonchev–Trinajstić information content (AvgIpc) is 2.61. The minimum absolute atomic E-state index is 0.0545. The summed E-state index contributed by atoms with van der Waals surface area (Å²) in [5, 5.41) is 2.61. The number of amides is 1. The van der Waals surface area contributed by atoms with Gasteiger partial charge in [0.1, 0.15) is 10.3 Å². The van der Waals surface area contributed by atoms with Gasteiger partial charge in [-0.3, -0.25) is 4.79 Å². The summed E-state index contributed by atoms with van der Waals surface area (Å²) in [6, 6.07) is 7.63. The molecular formula is C11H8Cl2N2O. The maximum absolute atomic E-state index is 11.4. The fourth-order valence-electron chi connectivity index (χ4n) is 1.33. The van der Waals surface area contributed by atoms with Gasteiger partial charge in [-0.2, -0.15) is 0 Å². The third kappa shape index (κ3) is 2.10. The number of amidine groups is 1. The number of aryl methyl sites for hydroxylation is 1. The van der Waals surface area contributed by atoms with Gasteiger partial charge in [0, 0.05) is 5.56 Å². The molecule has 82 valence electrons. The standard InChI is InChI=1S/C11H8Cl2N2O/c1-6-2-4-7(5-3-6)10-14-8(9(12)13)11(16)15-10/h2-5H,1H3,(H,14,15,16). The molecule has 1 N–H and O–H groups in total. The zero-order valence-electron chi connectivity index (χ0n) is 8.42. The fraction of sp³-hybridized carbons (Fsp3) is 0.0909. The van der Waals surface area contributed by atoms with E-state index >= 15 is 0 Å². The molecule has 1 amide bonds. The van der Waals surface area contributed by atoms with Gasteiger partial charge < -0.3 is 5.32 Å². The molecule has 0 spiro atoms. The largest absolute Gasteiger partial charge is 0.305 e. The van der Waals surface area contributed by atoms with Crippen LogP contribution in [0.25, 0.3) is 0 Å². The minimum Gasteiger partial charge on any atom is -0.305 e. The van der Waals surface area contributed by atoms with Gasteiger partial charge in [-0.15, -0.1) is 0 Å². The van der Waals surface area contributed by atoms with Gasteiger partial charge in [0.15, 0.2) is 5.70 Å². The van der Waals surface area contributed by atoms with E-state index in [4.69, 9.17) is 23.2 Å². The van der Waals surface area contributed by atoms with Gasteiger partial charge in [0.2, 0.25) is 0 Å². The van der Waals surface area contributed by atoms with Crippen molar-refractivity contribution in [3.63, 3.8) is 0 Å². The molecule has 0 aromatic heterocycles. The Labute approximate surface area is 103 Å². The maximum atomic E-state index is 11.4. The summed E-state index contributed by atoms with van der Waals surface area (Å²) in [4.78, 5) is 15.5. The Hall–Kier alpha value is -1.32. The highest BCUT2D eigenvalue weighted by Gasteiger charge is 2.23. The van der Waals surface area contributed by atoms with Crippen LogP contribution in [-0.4, -0.2) is 11.7 Å². The number of nitrogens with one attached hydrogen (secondary N) is 1. The van der Waals surface area contributed by atoms with Crippen molar-refractivity contribution in [3.8, 4) is 0 Å². The summed E-state index contributed by atoms with van der Waals surface area (Å²) in [7, 11) is 0. The van der Waals surface area contributed by atoms with Gasteiger partial charge in [-0.1, -0.05) is 53.0 Å². The number of rotatable bonds is 1. The maximum Gasteiger partial charge on any atom is 0.278 e. The van der Waals surface area contributed by atoms with Crippen LogP contribution in [0.4, 0.5) is 0 Å². The highest BCUT2D eigenvalue weighted by molar-refractivity contribution is 6.57. The first-order valence-corrected chi connectivity index (χ1v) is 5.36. The fourth-order valence-corrected chi connectivity index (χ4v) is 1.59. The van der Waals surface area contributed by atoms with Crippen LogP contribution in [0.15, 0.2) is 39.4 Å². The molecular weight excluding hydrogens is 247 g/mol. The molecule has 3 nitrogen and oxygen atoms in total. The van der Waals surface area contributed by atoms with E-state index < -0.39 is 0 Å². The van der Waals surface area contributed by atoms with Gasteiger partial charge in [-0.25, -0.2) is 4.99 Å². The normalized spacial score (nSPS) is 14.8. The molecule has 1 heterocycles. The van der Waals surface area contributed by atoms with Crippen LogP contribution in [0.1, 0.15) is 11.1 Å². The summed E-state index contributed by atoms with van der Waals surface area (Å²) >= 11 is 11.1. The molecule has 0 fully saturated rings. The average molecular weight is 255 g/mol. The van der Waals surface area contributed by atoms with Gasteiger partial charge in [0.25, 0.3) is 5.91 Å². The van der Waals surface area contributed by atoms with Crippen molar-refractivity contribution in [2.45, 2.75) is 6.92 Å². The summed E-state index contributed by atoms with van der Waals surface area (Å²) in [6.07, 6.45) is 0. The van der Waals surface area contributed by atoms with Crippen molar-refractivity contribution in [3.05, 3.63) is 45.6 Å². The van der Waals surface area contributed by atoms with Crippen LogP contribution in [0.3, 0.4) is 0 Å². The van der Waals surface area contributed by atoms with Crippen molar-refractivity contribution in [1.82, 2.24) is 5.32 Å². The Morgan fingerprint density at radius 1 is 1.25 bits per heavy atom. The lowest BCUT2D eigenvalue weighted by Gasteiger charge is -2.00. The molecule has 0 saturated carbocycles. The number of carbonyl (C=O) groups is 1. The Morgan fingerprint density at radius 2 is 1.88 bits per heavy atom.